The molecule has 2 rings (SSSR count). The van der Waals surface area contributed by atoms with Gasteiger partial charge in [0, 0.05) is 6.07 Å². The van der Waals surface area contributed by atoms with Crippen LogP contribution in [-0.4, -0.2) is 26.7 Å². The number of aryl methyl sites for hydroxylation is 1. The average Bonchev–Trinajstić information content (AvgIpc) is 2.55. The quantitative estimate of drug-likeness (QED) is 0.818. The molecule has 6 heteroatoms. The molecule has 0 unspecified atom stereocenters. The van der Waals surface area contributed by atoms with E-state index in [1.165, 1.54) is 14.2 Å². The maximum absolute atomic E-state index is 12.1. The third-order valence-corrected chi connectivity index (χ3v) is 3.63. The summed E-state index contributed by atoms with van der Waals surface area (Å²) in [5, 5.41) is 3.16. The summed E-state index contributed by atoms with van der Waals surface area (Å²) in [4.78, 5) is 12.1. The van der Waals surface area contributed by atoms with E-state index in [0.29, 0.717) is 22.2 Å². The molecule has 0 aliphatic rings. The second kappa shape index (κ2) is 8.45. The van der Waals surface area contributed by atoms with E-state index in [4.69, 9.17) is 25.8 Å². The van der Waals surface area contributed by atoms with Gasteiger partial charge in [-0.15, -0.1) is 0 Å². The predicted molar refractivity (Wildman–Crippen MR) is 94.5 cm³/mol. The van der Waals surface area contributed by atoms with Crippen molar-refractivity contribution in [3.8, 4) is 17.2 Å². The fourth-order valence-corrected chi connectivity index (χ4v) is 2.38. The van der Waals surface area contributed by atoms with Crippen molar-refractivity contribution in [3.63, 3.8) is 0 Å². The fraction of sp³-hybridized carbons (Fsp3) is 0.278. The van der Waals surface area contributed by atoms with Gasteiger partial charge in [-0.2, -0.15) is 0 Å². The standard InChI is InChI=1S/C18H20ClNO4/c1-12-5-4-6-13(9-12)24-8-7-18(21)20-15-10-14(19)16(22-2)11-17(15)23-3/h4-6,9-11H,7-8H2,1-3H3,(H,20,21). The van der Waals surface area contributed by atoms with E-state index in [-0.39, 0.29) is 18.9 Å². The maximum atomic E-state index is 12.1. The van der Waals surface area contributed by atoms with Crippen LogP contribution in [0.2, 0.25) is 5.02 Å². The highest BCUT2D eigenvalue weighted by Crippen LogP contribution is 2.35. The van der Waals surface area contributed by atoms with Gasteiger partial charge in [0.15, 0.2) is 0 Å². The van der Waals surface area contributed by atoms with Crippen LogP contribution in [0, 0.1) is 6.92 Å². The number of ether oxygens (including phenoxy) is 3. The van der Waals surface area contributed by atoms with Crippen molar-refractivity contribution in [3.05, 3.63) is 47.0 Å². The summed E-state index contributed by atoms with van der Waals surface area (Å²) in [6, 6.07) is 10.9. The van der Waals surface area contributed by atoms with E-state index in [1.54, 1.807) is 12.1 Å². The summed E-state index contributed by atoms with van der Waals surface area (Å²) in [6.07, 6.45) is 0.209. The lowest BCUT2D eigenvalue weighted by atomic mass is 10.2. The smallest absolute Gasteiger partial charge is 0.227 e. The monoisotopic (exact) mass is 349 g/mol. The minimum Gasteiger partial charge on any atom is -0.495 e. The number of benzene rings is 2. The summed E-state index contributed by atoms with van der Waals surface area (Å²) >= 11 is 6.08. The molecule has 1 amide bonds. The van der Waals surface area contributed by atoms with Crippen molar-refractivity contribution in [2.45, 2.75) is 13.3 Å². The van der Waals surface area contributed by atoms with Crippen molar-refractivity contribution >= 4 is 23.2 Å². The van der Waals surface area contributed by atoms with Crippen LogP contribution < -0.4 is 19.5 Å². The summed E-state index contributed by atoms with van der Waals surface area (Å²) < 4.78 is 15.9. The first-order valence-electron chi connectivity index (χ1n) is 7.44. The second-order valence-electron chi connectivity index (χ2n) is 5.15. The first-order chi connectivity index (χ1) is 11.5. The van der Waals surface area contributed by atoms with E-state index in [1.807, 2.05) is 31.2 Å². The first kappa shape index (κ1) is 17.9. The van der Waals surface area contributed by atoms with E-state index in [0.717, 1.165) is 11.3 Å². The molecule has 0 radical (unpaired) electrons. The topological polar surface area (TPSA) is 56.8 Å². The Kier molecular flexibility index (Phi) is 6.32. The molecular weight excluding hydrogens is 330 g/mol. The number of anilines is 1. The van der Waals surface area contributed by atoms with Gasteiger partial charge in [-0.3, -0.25) is 4.79 Å². The summed E-state index contributed by atoms with van der Waals surface area (Å²) in [5.41, 5.74) is 1.60. The van der Waals surface area contributed by atoms with Crippen LogP contribution in [0.1, 0.15) is 12.0 Å². The molecule has 0 saturated carbocycles. The van der Waals surface area contributed by atoms with Gasteiger partial charge in [0.2, 0.25) is 5.91 Å². The SMILES string of the molecule is COc1cc(OC)c(NC(=O)CCOc2cccc(C)c2)cc1Cl. The molecule has 0 saturated heterocycles. The Morgan fingerprint density at radius 3 is 2.54 bits per heavy atom. The van der Waals surface area contributed by atoms with Crippen molar-refractivity contribution in [2.24, 2.45) is 0 Å². The normalized spacial score (nSPS) is 10.2. The number of amides is 1. The van der Waals surface area contributed by atoms with Gasteiger partial charge >= 0.3 is 0 Å². The molecule has 128 valence electrons. The number of rotatable bonds is 7. The third-order valence-electron chi connectivity index (χ3n) is 3.34. The van der Waals surface area contributed by atoms with E-state index in [2.05, 4.69) is 5.32 Å². The molecule has 24 heavy (non-hydrogen) atoms. The van der Waals surface area contributed by atoms with Gasteiger partial charge in [-0.1, -0.05) is 23.7 Å². The molecule has 0 heterocycles. The molecule has 2 aromatic rings. The lowest BCUT2D eigenvalue weighted by molar-refractivity contribution is -0.116. The zero-order valence-corrected chi connectivity index (χ0v) is 14.6. The highest BCUT2D eigenvalue weighted by atomic mass is 35.5. The Labute approximate surface area is 146 Å². The van der Waals surface area contributed by atoms with Crippen molar-refractivity contribution in [1.82, 2.24) is 0 Å². The van der Waals surface area contributed by atoms with Crippen molar-refractivity contribution < 1.29 is 19.0 Å². The van der Waals surface area contributed by atoms with E-state index >= 15 is 0 Å². The van der Waals surface area contributed by atoms with E-state index in [9.17, 15) is 4.79 Å². The van der Waals surface area contributed by atoms with Gasteiger partial charge in [0.25, 0.3) is 0 Å². The first-order valence-corrected chi connectivity index (χ1v) is 7.82. The number of carbonyl (C=O) groups is 1. The van der Waals surface area contributed by atoms with Crippen LogP contribution >= 0.6 is 11.6 Å². The minimum atomic E-state index is -0.192. The van der Waals surface area contributed by atoms with Crippen molar-refractivity contribution in [1.29, 1.82) is 0 Å². The number of hydrogen-bond donors (Lipinski definition) is 1. The molecule has 1 N–H and O–H groups in total. The number of hydrogen-bond acceptors (Lipinski definition) is 4. The summed E-state index contributed by atoms with van der Waals surface area (Å²) in [5.74, 6) is 1.51. The Bertz CT molecular complexity index is 718. The number of carbonyl (C=O) groups excluding carboxylic acids is 1. The summed E-state index contributed by atoms with van der Waals surface area (Å²) in [6.45, 7) is 2.26. The average molecular weight is 350 g/mol. The Balaban J connectivity index is 1.93. The molecule has 0 spiro atoms. The number of methoxy groups -OCH3 is 2. The van der Waals surface area contributed by atoms with Crippen LogP contribution in [-0.2, 0) is 4.79 Å². The van der Waals surface area contributed by atoms with Crippen LogP contribution in [0.4, 0.5) is 5.69 Å². The molecule has 0 atom stereocenters. The van der Waals surface area contributed by atoms with Gasteiger partial charge < -0.3 is 19.5 Å². The Morgan fingerprint density at radius 1 is 1.12 bits per heavy atom. The molecule has 5 nitrogen and oxygen atoms in total. The van der Waals surface area contributed by atoms with E-state index < -0.39 is 0 Å². The van der Waals surface area contributed by atoms with Gasteiger partial charge in [-0.05, 0) is 30.7 Å². The largest absolute Gasteiger partial charge is 0.495 e. The minimum absolute atomic E-state index is 0.192. The zero-order chi connectivity index (χ0) is 17.5. The number of halogens is 1. The molecule has 0 aromatic heterocycles. The lowest BCUT2D eigenvalue weighted by Gasteiger charge is -2.13. The highest BCUT2D eigenvalue weighted by molar-refractivity contribution is 6.32. The molecule has 0 aliphatic heterocycles. The predicted octanol–water partition coefficient (Wildman–Crippen LogP) is 4.07. The molecular formula is C18H20ClNO4. The van der Waals surface area contributed by atoms with Crippen molar-refractivity contribution in [2.75, 3.05) is 26.1 Å². The zero-order valence-electron chi connectivity index (χ0n) is 13.9. The lowest BCUT2D eigenvalue weighted by Crippen LogP contribution is -2.15. The molecule has 0 bridgehead atoms. The Morgan fingerprint density at radius 2 is 1.88 bits per heavy atom. The number of nitrogens with one attached hydrogen (secondary N) is 1. The van der Waals surface area contributed by atoms with Gasteiger partial charge in [0.1, 0.15) is 17.2 Å². The van der Waals surface area contributed by atoms with Crippen LogP contribution in [0.5, 0.6) is 17.2 Å². The van der Waals surface area contributed by atoms with Gasteiger partial charge in [-0.25, -0.2) is 0 Å². The third kappa shape index (κ3) is 4.80. The molecule has 0 aliphatic carbocycles. The van der Waals surface area contributed by atoms with Gasteiger partial charge in [0.05, 0.1) is 38.0 Å². The fourth-order valence-electron chi connectivity index (χ4n) is 2.14. The summed E-state index contributed by atoms with van der Waals surface area (Å²) in [7, 11) is 3.03. The van der Waals surface area contributed by atoms with Crippen LogP contribution in [0.3, 0.4) is 0 Å². The maximum Gasteiger partial charge on any atom is 0.227 e. The van der Waals surface area contributed by atoms with Crippen LogP contribution in [0.25, 0.3) is 0 Å². The Hall–Kier alpha value is -2.40. The molecule has 2 aromatic carbocycles. The second-order valence-corrected chi connectivity index (χ2v) is 5.56. The highest BCUT2D eigenvalue weighted by Gasteiger charge is 2.12. The van der Waals surface area contributed by atoms with Crippen LogP contribution in [0.15, 0.2) is 36.4 Å². The molecule has 0 fully saturated rings.